The lowest BCUT2D eigenvalue weighted by Crippen LogP contribution is -2.24. The van der Waals surface area contributed by atoms with Crippen LogP contribution in [0.15, 0.2) is 42.1 Å². The predicted octanol–water partition coefficient (Wildman–Crippen LogP) is 4.08. The van der Waals surface area contributed by atoms with Crippen molar-refractivity contribution in [1.29, 1.82) is 0 Å². The van der Waals surface area contributed by atoms with Gasteiger partial charge in [-0.2, -0.15) is 0 Å². The van der Waals surface area contributed by atoms with Crippen LogP contribution in [-0.4, -0.2) is 11.0 Å². The Morgan fingerprint density at radius 3 is 2.62 bits per heavy atom. The molecule has 0 heterocycles. The van der Waals surface area contributed by atoms with Gasteiger partial charge in [-0.25, -0.2) is 8.78 Å². The van der Waals surface area contributed by atoms with Crippen molar-refractivity contribution >= 4 is 5.69 Å². The zero-order valence-corrected chi connectivity index (χ0v) is 12.7. The first-order valence-corrected chi connectivity index (χ1v) is 6.73. The van der Waals surface area contributed by atoms with Gasteiger partial charge in [0.15, 0.2) is 0 Å². The Morgan fingerprint density at radius 1 is 1.38 bits per heavy atom. The number of hydrazine groups is 1. The van der Waals surface area contributed by atoms with Crippen molar-refractivity contribution in [1.82, 2.24) is 5.43 Å². The molecule has 1 aromatic rings. The third-order valence-electron chi connectivity index (χ3n) is 2.92. The van der Waals surface area contributed by atoms with E-state index >= 15 is 0 Å². The average molecular weight is 296 g/mol. The average Bonchev–Trinajstić information content (AvgIpc) is 2.37. The number of aryl methyl sites for hydroxylation is 1. The maximum atomic E-state index is 13.3. The van der Waals surface area contributed by atoms with Crippen molar-refractivity contribution in [2.75, 3.05) is 5.43 Å². The fourth-order valence-electron chi connectivity index (χ4n) is 1.83. The fourth-order valence-corrected chi connectivity index (χ4v) is 1.83. The first-order chi connectivity index (χ1) is 9.75. The van der Waals surface area contributed by atoms with Gasteiger partial charge in [-0.05, 0) is 38.0 Å². The maximum absolute atomic E-state index is 13.3. The van der Waals surface area contributed by atoms with E-state index in [-0.39, 0.29) is 5.56 Å². The highest BCUT2D eigenvalue weighted by molar-refractivity contribution is 5.54. The van der Waals surface area contributed by atoms with Crippen LogP contribution < -0.4 is 10.9 Å². The predicted molar refractivity (Wildman–Crippen MR) is 82.1 cm³/mol. The summed E-state index contributed by atoms with van der Waals surface area (Å²) in [6, 6.07) is 4.90. The molecule has 116 valence electrons. The molecule has 1 rings (SSSR count). The monoisotopic (exact) mass is 296 g/mol. The van der Waals surface area contributed by atoms with E-state index in [0.717, 1.165) is 11.1 Å². The number of allylic oxidation sites excluding steroid dienone is 3. The van der Waals surface area contributed by atoms with Gasteiger partial charge in [0.1, 0.15) is 6.10 Å². The van der Waals surface area contributed by atoms with Crippen LogP contribution in [0.2, 0.25) is 0 Å². The van der Waals surface area contributed by atoms with Crippen LogP contribution in [0.3, 0.4) is 0 Å². The van der Waals surface area contributed by atoms with Crippen LogP contribution in [0.25, 0.3) is 0 Å². The van der Waals surface area contributed by atoms with Gasteiger partial charge in [-0.1, -0.05) is 24.3 Å². The van der Waals surface area contributed by atoms with Crippen LogP contribution in [-0.2, 0) is 0 Å². The summed E-state index contributed by atoms with van der Waals surface area (Å²) in [5.41, 5.74) is 8.14. The molecule has 0 aromatic heterocycles. The summed E-state index contributed by atoms with van der Waals surface area (Å²) in [5.74, 6) is -3.21. The molecular weight excluding hydrogens is 274 g/mol. The molecule has 0 saturated heterocycles. The van der Waals surface area contributed by atoms with Crippen LogP contribution >= 0.6 is 0 Å². The highest BCUT2D eigenvalue weighted by Crippen LogP contribution is 2.34. The summed E-state index contributed by atoms with van der Waals surface area (Å²) in [6.45, 7) is 6.36. The van der Waals surface area contributed by atoms with Gasteiger partial charge < -0.3 is 16.0 Å². The van der Waals surface area contributed by atoms with E-state index in [2.05, 4.69) is 10.9 Å². The molecule has 0 radical (unpaired) electrons. The molecule has 0 fully saturated rings. The van der Waals surface area contributed by atoms with Crippen molar-refractivity contribution < 1.29 is 13.9 Å². The number of hydrogen-bond acceptors (Lipinski definition) is 3. The Kier molecular flexibility index (Phi) is 5.90. The number of nitrogens with one attached hydrogen (secondary N) is 2. The van der Waals surface area contributed by atoms with E-state index in [1.165, 1.54) is 6.07 Å². The van der Waals surface area contributed by atoms with E-state index in [0.29, 0.717) is 12.6 Å². The number of alkyl halides is 2. The molecule has 0 aliphatic rings. The third-order valence-corrected chi connectivity index (χ3v) is 2.92. The van der Waals surface area contributed by atoms with Gasteiger partial charge in [-0.3, -0.25) is 0 Å². The van der Waals surface area contributed by atoms with Gasteiger partial charge in [-0.15, -0.1) is 0 Å². The summed E-state index contributed by atoms with van der Waals surface area (Å²) < 4.78 is 26.6. The second kappa shape index (κ2) is 7.22. The SMILES string of the molecule is C/C=C\C(C)=C/NNc1cc(C)ccc1[C@@H](O)C(C)(F)F. The molecule has 1 atom stereocenters. The van der Waals surface area contributed by atoms with Gasteiger partial charge >= 0.3 is 0 Å². The van der Waals surface area contributed by atoms with Crippen LogP contribution in [0.5, 0.6) is 0 Å². The molecule has 0 aliphatic heterocycles. The number of aliphatic hydroxyl groups excluding tert-OH is 1. The summed E-state index contributed by atoms with van der Waals surface area (Å²) >= 11 is 0. The lowest BCUT2D eigenvalue weighted by atomic mass is 10.0. The van der Waals surface area contributed by atoms with E-state index in [1.54, 1.807) is 18.3 Å². The Balaban J connectivity index is 2.95. The smallest absolute Gasteiger partial charge is 0.274 e. The van der Waals surface area contributed by atoms with Crippen molar-refractivity contribution in [3.8, 4) is 0 Å². The molecule has 0 bridgehead atoms. The molecule has 0 unspecified atom stereocenters. The molecule has 5 heteroatoms. The molecule has 0 aliphatic carbocycles. The number of rotatable bonds is 6. The molecule has 1 aromatic carbocycles. The Morgan fingerprint density at radius 2 is 2.05 bits per heavy atom. The minimum atomic E-state index is -3.21. The van der Waals surface area contributed by atoms with Crippen LogP contribution in [0, 0.1) is 6.92 Å². The molecule has 0 amide bonds. The van der Waals surface area contributed by atoms with Gasteiger partial charge in [0.2, 0.25) is 0 Å². The Hall–Kier alpha value is -1.88. The second-order valence-corrected chi connectivity index (χ2v) is 5.11. The first kappa shape index (κ1) is 17.2. The largest absolute Gasteiger partial charge is 0.382 e. The number of halogens is 2. The molecule has 21 heavy (non-hydrogen) atoms. The van der Waals surface area contributed by atoms with Gasteiger partial charge in [0.05, 0.1) is 5.69 Å². The van der Waals surface area contributed by atoms with E-state index < -0.39 is 12.0 Å². The molecule has 3 nitrogen and oxygen atoms in total. The maximum Gasteiger partial charge on any atom is 0.274 e. The zero-order valence-electron chi connectivity index (χ0n) is 12.7. The normalized spacial score (nSPS) is 14.3. The first-order valence-electron chi connectivity index (χ1n) is 6.73. The standard InChI is InChI=1S/C16H22F2N2O/c1-5-6-12(3)10-19-20-14-9-11(2)7-8-13(14)15(21)16(4,17)18/h5-10,15,19-21H,1-4H3/b6-5-,12-10-/t15-/m1/s1. The number of anilines is 1. The summed E-state index contributed by atoms with van der Waals surface area (Å²) in [5, 5.41) is 9.78. The van der Waals surface area contributed by atoms with Crippen molar-refractivity contribution in [2.24, 2.45) is 0 Å². The van der Waals surface area contributed by atoms with Crippen molar-refractivity contribution in [3.63, 3.8) is 0 Å². The highest BCUT2D eigenvalue weighted by atomic mass is 19.3. The molecule has 0 spiro atoms. The van der Waals surface area contributed by atoms with Crippen LogP contribution in [0.1, 0.15) is 38.0 Å². The van der Waals surface area contributed by atoms with Crippen molar-refractivity contribution in [3.05, 3.63) is 53.3 Å². The van der Waals surface area contributed by atoms with Gasteiger partial charge in [0.25, 0.3) is 5.92 Å². The summed E-state index contributed by atoms with van der Waals surface area (Å²) in [4.78, 5) is 0. The molecule has 0 saturated carbocycles. The Bertz CT molecular complexity index is 534. The van der Waals surface area contributed by atoms with Gasteiger partial charge in [0, 0.05) is 18.7 Å². The number of aliphatic hydroxyl groups is 1. The van der Waals surface area contributed by atoms with E-state index in [9.17, 15) is 13.9 Å². The minimum absolute atomic E-state index is 0.151. The topological polar surface area (TPSA) is 44.3 Å². The van der Waals surface area contributed by atoms with E-state index in [1.807, 2.05) is 32.9 Å². The fraction of sp³-hybridized carbons (Fsp3) is 0.375. The third kappa shape index (κ3) is 5.19. The van der Waals surface area contributed by atoms with Crippen LogP contribution in [0.4, 0.5) is 14.5 Å². The molecule has 3 N–H and O–H groups in total. The lowest BCUT2D eigenvalue weighted by molar-refractivity contribution is -0.0951. The number of benzene rings is 1. The Labute approximate surface area is 124 Å². The van der Waals surface area contributed by atoms with Crippen molar-refractivity contribution in [2.45, 2.75) is 39.7 Å². The summed E-state index contributed by atoms with van der Waals surface area (Å²) in [7, 11) is 0. The zero-order chi connectivity index (χ0) is 16.0. The molecular formula is C16H22F2N2O. The number of hydrogen-bond donors (Lipinski definition) is 3. The highest BCUT2D eigenvalue weighted by Gasteiger charge is 2.35. The quantitative estimate of drug-likeness (QED) is 0.547. The second-order valence-electron chi connectivity index (χ2n) is 5.11. The minimum Gasteiger partial charge on any atom is -0.382 e. The van der Waals surface area contributed by atoms with E-state index in [4.69, 9.17) is 0 Å². The summed E-state index contributed by atoms with van der Waals surface area (Å²) in [6.07, 6.45) is 3.65. The lowest BCUT2D eigenvalue weighted by Gasteiger charge is -2.22.